The average Bonchev–Trinajstić information content (AvgIpc) is 2.67. The van der Waals surface area contributed by atoms with Crippen LogP contribution in [0.2, 0.25) is 0 Å². The quantitative estimate of drug-likeness (QED) is 0.813. The first-order chi connectivity index (χ1) is 13.4. The fraction of sp³-hybridized carbons (Fsp3) is 0.609. The van der Waals surface area contributed by atoms with Crippen LogP contribution in [-0.4, -0.2) is 47.6 Å². The Labute approximate surface area is 166 Å². The summed E-state index contributed by atoms with van der Waals surface area (Å²) in [5.41, 5.74) is 2.58. The van der Waals surface area contributed by atoms with Crippen LogP contribution in [0.1, 0.15) is 48.8 Å². The summed E-state index contributed by atoms with van der Waals surface area (Å²) in [5.74, 6) is 0.957. The molecular weight excluding hydrogens is 352 g/mol. The van der Waals surface area contributed by atoms with E-state index in [0.717, 1.165) is 29.1 Å². The SMILES string of the molecule is Cc1cc(=O)oc2c(C)c(O)c(CN(C)C[C@@H]3CCCN4CCCC[C@H]34)cc12. The third-order valence-electron chi connectivity index (χ3n) is 6.74. The normalized spacial score (nSPS) is 23.3. The summed E-state index contributed by atoms with van der Waals surface area (Å²) in [7, 11) is 2.15. The van der Waals surface area contributed by atoms with E-state index in [1.54, 1.807) is 0 Å². The van der Waals surface area contributed by atoms with Crippen molar-refractivity contribution in [3.8, 4) is 5.75 Å². The van der Waals surface area contributed by atoms with Gasteiger partial charge in [0.15, 0.2) is 0 Å². The predicted molar refractivity (Wildman–Crippen MR) is 112 cm³/mol. The number of aromatic hydroxyl groups is 1. The molecule has 0 aliphatic carbocycles. The summed E-state index contributed by atoms with van der Waals surface area (Å²) in [6.45, 7) is 8.03. The number of fused-ring (bicyclic) bond motifs is 2. The van der Waals surface area contributed by atoms with Crippen LogP contribution in [0.4, 0.5) is 0 Å². The molecule has 2 fully saturated rings. The molecule has 2 atom stereocenters. The Balaban J connectivity index is 1.54. The highest BCUT2D eigenvalue weighted by molar-refractivity contribution is 5.85. The number of benzene rings is 1. The summed E-state index contributed by atoms with van der Waals surface area (Å²) < 4.78 is 5.36. The van der Waals surface area contributed by atoms with E-state index in [1.165, 1.54) is 51.3 Å². The second-order valence-corrected chi connectivity index (χ2v) is 8.83. The number of rotatable bonds is 4. The van der Waals surface area contributed by atoms with Gasteiger partial charge in [0.25, 0.3) is 0 Å². The van der Waals surface area contributed by atoms with Crippen LogP contribution in [0, 0.1) is 19.8 Å². The molecule has 0 saturated carbocycles. The molecule has 0 spiro atoms. The first kappa shape index (κ1) is 19.5. The second-order valence-electron chi connectivity index (χ2n) is 8.83. The van der Waals surface area contributed by atoms with Crippen molar-refractivity contribution >= 4 is 11.0 Å². The van der Waals surface area contributed by atoms with Crippen molar-refractivity contribution in [1.29, 1.82) is 0 Å². The Kier molecular flexibility index (Phi) is 5.48. The fourth-order valence-electron chi connectivity index (χ4n) is 5.33. The molecule has 2 aromatic rings. The van der Waals surface area contributed by atoms with Crippen LogP contribution in [0.3, 0.4) is 0 Å². The van der Waals surface area contributed by atoms with Crippen LogP contribution in [0.15, 0.2) is 21.3 Å². The maximum atomic E-state index is 11.7. The molecule has 4 rings (SSSR count). The average molecular weight is 385 g/mol. The summed E-state index contributed by atoms with van der Waals surface area (Å²) in [6, 6.07) is 4.24. The molecule has 2 aliphatic rings. The summed E-state index contributed by atoms with van der Waals surface area (Å²) >= 11 is 0. The lowest BCUT2D eigenvalue weighted by Crippen LogP contribution is -2.50. The zero-order chi connectivity index (χ0) is 19.8. The molecule has 0 bridgehead atoms. The van der Waals surface area contributed by atoms with Crippen molar-refractivity contribution in [3.63, 3.8) is 0 Å². The van der Waals surface area contributed by atoms with E-state index in [-0.39, 0.29) is 11.4 Å². The number of nitrogens with zero attached hydrogens (tertiary/aromatic N) is 2. The molecule has 0 unspecified atom stereocenters. The minimum Gasteiger partial charge on any atom is -0.507 e. The van der Waals surface area contributed by atoms with Crippen molar-refractivity contribution in [3.05, 3.63) is 39.2 Å². The van der Waals surface area contributed by atoms with Gasteiger partial charge in [-0.1, -0.05) is 6.42 Å². The smallest absolute Gasteiger partial charge is 0.336 e. The Morgan fingerprint density at radius 2 is 1.96 bits per heavy atom. The van der Waals surface area contributed by atoms with Crippen LogP contribution >= 0.6 is 0 Å². The third-order valence-corrected chi connectivity index (χ3v) is 6.74. The molecule has 5 heteroatoms. The molecule has 152 valence electrons. The van der Waals surface area contributed by atoms with Gasteiger partial charge >= 0.3 is 5.63 Å². The van der Waals surface area contributed by atoms with Gasteiger partial charge < -0.3 is 19.3 Å². The van der Waals surface area contributed by atoms with Gasteiger partial charge in [-0.05, 0) is 77.2 Å². The minimum atomic E-state index is -0.369. The van der Waals surface area contributed by atoms with E-state index < -0.39 is 0 Å². The predicted octanol–water partition coefficient (Wildman–Crippen LogP) is 3.81. The number of piperidine rings is 2. The van der Waals surface area contributed by atoms with Crippen molar-refractivity contribution in [2.45, 2.75) is 58.5 Å². The Morgan fingerprint density at radius 3 is 2.79 bits per heavy atom. The Hall–Kier alpha value is -1.85. The zero-order valence-corrected chi connectivity index (χ0v) is 17.3. The third kappa shape index (κ3) is 3.70. The van der Waals surface area contributed by atoms with Crippen molar-refractivity contribution in [2.75, 3.05) is 26.7 Å². The van der Waals surface area contributed by atoms with Gasteiger partial charge in [-0.15, -0.1) is 0 Å². The van der Waals surface area contributed by atoms with Gasteiger partial charge in [0.2, 0.25) is 0 Å². The van der Waals surface area contributed by atoms with Crippen LogP contribution in [-0.2, 0) is 6.54 Å². The fourth-order valence-corrected chi connectivity index (χ4v) is 5.33. The molecule has 2 saturated heterocycles. The molecule has 3 heterocycles. The summed E-state index contributed by atoms with van der Waals surface area (Å²) in [4.78, 5) is 16.8. The highest BCUT2D eigenvalue weighted by Crippen LogP contribution is 2.34. The van der Waals surface area contributed by atoms with E-state index in [0.29, 0.717) is 23.6 Å². The maximum Gasteiger partial charge on any atom is 0.336 e. The van der Waals surface area contributed by atoms with E-state index in [1.807, 2.05) is 19.9 Å². The molecule has 0 radical (unpaired) electrons. The number of phenolic OH excluding ortho intramolecular Hbond substituents is 1. The molecule has 28 heavy (non-hydrogen) atoms. The largest absolute Gasteiger partial charge is 0.507 e. The Bertz CT molecular complexity index is 918. The lowest BCUT2D eigenvalue weighted by molar-refractivity contribution is 0.0434. The molecular formula is C23H32N2O3. The first-order valence-electron chi connectivity index (χ1n) is 10.6. The van der Waals surface area contributed by atoms with Crippen molar-refractivity contribution < 1.29 is 9.52 Å². The molecule has 1 aromatic carbocycles. The monoisotopic (exact) mass is 384 g/mol. The standard InChI is InChI=1S/C23H32N2O3/c1-15-11-21(26)28-23-16(2)22(27)18(12-19(15)23)14-24(3)13-17-7-6-10-25-9-5-4-8-20(17)25/h11-12,17,20,27H,4-10,13-14H2,1-3H3/t17-,20+/m0/s1. The van der Waals surface area contributed by atoms with Gasteiger partial charge in [-0.2, -0.15) is 0 Å². The number of aryl methyl sites for hydroxylation is 2. The number of hydrogen-bond donors (Lipinski definition) is 1. The van der Waals surface area contributed by atoms with Crippen LogP contribution in [0.5, 0.6) is 5.75 Å². The zero-order valence-electron chi connectivity index (χ0n) is 17.3. The Morgan fingerprint density at radius 1 is 1.18 bits per heavy atom. The minimum absolute atomic E-state index is 0.246. The lowest BCUT2D eigenvalue weighted by atomic mass is 9.83. The van der Waals surface area contributed by atoms with E-state index in [2.05, 4.69) is 16.8 Å². The van der Waals surface area contributed by atoms with Gasteiger partial charge in [0.1, 0.15) is 11.3 Å². The first-order valence-corrected chi connectivity index (χ1v) is 10.6. The van der Waals surface area contributed by atoms with Gasteiger partial charge in [0, 0.05) is 41.7 Å². The summed E-state index contributed by atoms with van der Waals surface area (Å²) in [5, 5.41) is 11.6. The van der Waals surface area contributed by atoms with Gasteiger partial charge in [0.05, 0.1) is 0 Å². The lowest BCUT2D eigenvalue weighted by Gasteiger charge is -2.45. The molecule has 0 amide bonds. The molecule has 1 aromatic heterocycles. The topological polar surface area (TPSA) is 56.9 Å². The molecule has 5 nitrogen and oxygen atoms in total. The van der Waals surface area contributed by atoms with E-state index >= 15 is 0 Å². The molecule has 1 N–H and O–H groups in total. The van der Waals surface area contributed by atoms with E-state index in [4.69, 9.17) is 4.42 Å². The van der Waals surface area contributed by atoms with Crippen molar-refractivity contribution in [1.82, 2.24) is 9.80 Å². The highest BCUT2D eigenvalue weighted by atomic mass is 16.4. The molecule has 2 aliphatic heterocycles. The number of phenols is 1. The van der Waals surface area contributed by atoms with Gasteiger partial charge in [-0.25, -0.2) is 4.79 Å². The number of hydrogen-bond acceptors (Lipinski definition) is 5. The van der Waals surface area contributed by atoms with Crippen molar-refractivity contribution in [2.24, 2.45) is 5.92 Å². The van der Waals surface area contributed by atoms with Gasteiger partial charge in [-0.3, -0.25) is 0 Å². The van der Waals surface area contributed by atoms with Crippen LogP contribution in [0.25, 0.3) is 11.0 Å². The second kappa shape index (κ2) is 7.88. The van der Waals surface area contributed by atoms with Crippen LogP contribution < -0.4 is 5.63 Å². The highest BCUT2D eigenvalue weighted by Gasteiger charge is 2.33. The maximum absolute atomic E-state index is 11.7. The summed E-state index contributed by atoms with van der Waals surface area (Å²) in [6.07, 6.45) is 6.64. The van der Waals surface area contributed by atoms with E-state index in [9.17, 15) is 9.90 Å².